The highest BCUT2D eigenvalue weighted by Gasteiger charge is 2.28. The van der Waals surface area contributed by atoms with Crippen LogP contribution in [0.25, 0.3) is 98.1 Å². The molecule has 2 aliphatic rings. The normalized spacial score (nSPS) is 13.7. The van der Waals surface area contributed by atoms with E-state index in [1.165, 1.54) is 76.6 Å². The largest absolute Gasteiger partial charge is 0.313 e. The second-order valence-electron chi connectivity index (χ2n) is 19.8. The number of anilines is 6. The summed E-state index contributed by atoms with van der Waals surface area (Å²) >= 11 is 0. The van der Waals surface area contributed by atoms with Crippen molar-refractivity contribution in [2.45, 2.75) is 19.3 Å². The van der Waals surface area contributed by atoms with E-state index in [2.05, 4.69) is 286 Å². The molecule has 4 heteroatoms. The van der Waals surface area contributed by atoms with E-state index in [9.17, 15) is 0 Å². The van der Waals surface area contributed by atoms with Gasteiger partial charge in [0.15, 0.2) is 0 Å². The molecule has 0 bridgehead atoms. The lowest BCUT2D eigenvalue weighted by molar-refractivity contribution is 1.02. The summed E-state index contributed by atoms with van der Waals surface area (Å²) in [7, 11) is 0. The molecule has 0 fully saturated rings. The first-order chi connectivity index (χ1) is 37.3. The zero-order valence-corrected chi connectivity index (χ0v) is 41.3. The number of fused-ring (bicyclic) bond motifs is 10. The highest BCUT2D eigenvalue weighted by atomic mass is 15.2. The Balaban J connectivity index is 1.03. The van der Waals surface area contributed by atoms with Gasteiger partial charge in [0.25, 0.3) is 0 Å². The summed E-state index contributed by atoms with van der Waals surface area (Å²) in [6.07, 6.45) is 20.8. The van der Waals surface area contributed by atoms with Crippen LogP contribution in [0.2, 0.25) is 0 Å². The van der Waals surface area contributed by atoms with Crippen molar-refractivity contribution < 1.29 is 0 Å². The number of nitrogens with zero attached hydrogens (tertiary/aromatic N) is 4. The third kappa shape index (κ3) is 6.83. The van der Waals surface area contributed by atoms with Gasteiger partial charge in [0.2, 0.25) is 0 Å². The van der Waals surface area contributed by atoms with Crippen molar-refractivity contribution in [2.24, 2.45) is 0 Å². The lowest BCUT2D eigenvalue weighted by Gasteiger charge is -2.33. The fraction of sp³-hybridized carbons (Fsp3) is 0.0423. The molecule has 4 nitrogen and oxygen atoms in total. The molecule has 15 rings (SSSR count). The van der Waals surface area contributed by atoms with Gasteiger partial charge in [0, 0.05) is 83.1 Å². The van der Waals surface area contributed by atoms with Crippen LogP contribution in [0.15, 0.2) is 267 Å². The Morgan fingerprint density at radius 3 is 1.32 bits per heavy atom. The molecule has 2 heterocycles. The molecule has 0 aliphatic heterocycles. The molecule has 0 atom stereocenters. The van der Waals surface area contributed by atoms with Crippen LogP contribution in [0.4, 0.5) is 34.1 Å². The van der Waals surface area contributed by atoms with Crippen LogP contribution in [-0.4, -0.2) is 9.13 Å². The van der Waals surface area contributed by atoms with Crippen LogP contribution in [0, 0.1) is 0 Å². The van der Waals surface area contributed by atoms with E-state index in [4.69, 9.17) is 0 Å². The molecular weight excluding hydrogens is 909 g/mol. The van der Waals surface area contributed by atoms with Gasteiger partial charge in [-0.25, -0.2) is 0 Å². The van der Waals surface area contributed by atoms with E-state index >= 15 is 0 Å². The number of allylic oxidation sites excluding steroid dienone is 10. The predicted molar refractivity (Wildman–Crippen MR) is 322 cm³/mol. The number of hydrogen-bond donors (Lipinski definition) is 0. The molecule has 0 unspecified atom stereocenters. The first kappa shape index (κ1) is 43.0. The van der Waals surface area contributed by atoms with Gasteiger partial charge in [-0.15, -0.1) is 0 Å². The van der Waals surface area contributed by atoms with Crippen molar-refractivity contribution in [2.75, 3.05) is 9.80 Å². The Labute approximate surface area is 435 Å². The maximum Gasteiger partial charge on any atom is 0.0620 e. The van der Waals surface area contributed by atoms with Gasteiger partial charge >= 0.3 is 0 Å². The minimum Gasteiger partial charge on any atom is -0.313 e. The third-order valence-electron chi connectivity index (χ3n) is 15.7. The lowest BCUT2D eigenvalue weighted by atomic mass is 9.94. The molecule has 75 heavy (non-hydrogen) atoms. The number of aromatic nitrogens is 2. The molecule has 0 saturated carbocycles. The Hall–Kier alpha value is -9.64. The van der Waals surface area contributed by atoms with Gasteiger partial charge in [0.05, 0.1) is 44.8 Å². The topological polar surface area (TPSA) is 16.3 Å². The first-order valence-electron chi connectivity index (χ1n) is 26.2. The molecule has 0 N–H and O–H groups in total. The fourth-order valence-electron chi connectivity index (χ4n) is 12.4. The summed E-state index contributed by atoms with van der Waals surface area (Å²) in [5, 5.41) is 14.3. The van der Waals surface area contributed by atoms with Crippen molar-refractivity contribution in [1.82, 2.24) is 9.13 Å². The number of rotatable bonds is 8. The molecule has 0 amide bonds. The van der Waals surface area contributed by atoms with Gasteiger partial charge in [-0.2, -0.15) is 0 Å². The van der Waals surface area contributed by atoms with Crippen molar-refractivity contribution in [3.8, 4) is 0 Å². The van der Waals surface area contributed by atoms with Crippen molar-refractivity contribution in [1.29, 1.82) is 0 Å². The lowest BCUT2D eigenvalue weighted by Crippen LogP contribution is -2.15. The number of hydrogen-bond acceptors (Lipinski definition) is 2. The Bertz CT molecular complexity index is 4580. The molecule has 354 valence electrons. The van der Waals surface area contributed by atoms with Gasteiger partial charge in [-0.1, -0.05) is 194 Å². The zero-order valence-electron chi connectivity index (χ0n) is 41.3. The summed E-state index contributed by atoms with van der Waals surface area (Å²) in [4.78, 5) is 5.11. The standard InChI is InChI=1S/C71H50N4/c1-2-5-27-50(26-4-1)72-66-38-18-16-32-56(66)62-46-52(42-44-68(62)72)74(64-40-20-24-48-22-8-10-30-54(48)64)70-58-34-12-14-36-60(58)71(61-37-15-13-35-59(61)70)75(65-41-21-25-49-23-9-11-31-55(49)65)53-43-45-69-63(47-53)57-33-17-19-39-67(57)73(69)51-28-6-3-7-29-51/h1-2,4-6,8-26,28-47H,3,7,27H2. The molecular formula is C71H50N4. The summed E-state index contributed by atoms with van der Waals surface area (Å²) in [6, 6.07) is 81.4. The van der Waals surface area contributed by atoms with Crippen LogP contribution in [-0.2, 0) is 0 Å². The van der Waals surface area contributed by atoms with Crippen LogP contribution in [0.5, 0.6) is 0 Å². The average molecular weight is 959 g/mol. The van der Waals surface area contributed by atoms with Crippen LogP contribution >= 0.6 is 0 Å². The Kier molecular flexibility index (Phi) is 10.1. The zero-order chi connectivity index (χ0) is 49.4. The van der Waals surface area contributed by atoms with Crippen molar-refractivity contribution in [3.63, 3.8) is 0 Å². The highest BCUT2D eigenvalue weighted by Crippen LogP contribution is 2.54. The van der Waals surface area contributed by atoms with E-state index < -0.39 is 0 Å². The summed E-state index contributed by atoms with van der Waals surface area (Å²) < 4.78 is 4.91. The smallest absolute Gasteiger partial charge is 0.0620 e. The Morgan fingerprint density at radius 1 is 0.333 bits per heavy atom. The quantitative estimate of drug-likeness (QED) is 0.111. The maximum absolute atomic E-state index is 2.55. The summed E-state index contributed by atoms with van der Waals surface area (Å²) in [6.45, 7) is 0. The van der Waals surface area contributed by atoms with Crippen molar-refractivity contribution in [3.05, 3.63) is 267 Å². The summed E-state index contributed by atoms with van der Waals surface area (Å²) in [5.74, 6) is 0. The monoisotopic (exact) mass is 958 g/mol. The highest BCUT2D eigenvalue weighted by molar-refractivity contribution is 6.25. The molecule has 0 spiro atoms. The molecule has 11 aromatic carbocycles. The number of benzene rings is 11. The molecule has 0 radical (unpaired) electrons. The average Bonchev–Trinajstić information content (AvgIpc) is 3.88. The minimum atomic E-state index is 0.845. The van der Waals surface area contributed by atoms with Gasteiger partial charge in [0.1, 0.15) is 0 Å². The molecule has 2 aliphatic carbocycles. The van der Waals surface area contributed by atoms with Gasteiger partial charge in [-0.05, 0) is 96.4 Å². The SMILES string of the molecule is C1=CC=C(n2c3ccccc3c3cc(N(c4cccc5ccccc45)c4c5ccccc5c(N(c5ccc6c(c5)c5ccccc5n6C5=CCCC=C5)c5cccc6ccccc56)c5ccccc45)ccc32)CC=C1. The van der Waals surface area contributed by atoms with E-state index in [1.54, 1.807) is 0 Å². The predicted octanol–water partition coefficient (Wildman–Crippen LogP) is 20.0. The minimum absolute atomic E-state index is 0.845. The van der Waals surface area contributed by atoms with Crippen LogP contribution in [0.3, 0.4) is 0 Å². The van der Waals surface area contributed by atoms with Crippen LogP contribution in [0.1, 0.15) is 19.3 Å². The Morgan fingerprint density at radius 2 is 0.787 bits per heavy atom. The third-order valence-corrected chi connectivity index (χ3v) is 15.7. The molecule has 0 saturated heterocycles. The van der Waals surface area contributed by atoms with Gasteiger partial charge in [-0.3, -0.25) is 0 Å². The summed E-state index contributed by atoms with van der Waals surface area (Å²) in [5.41, 5.74) is 14.0. The van der Waals surface area contributed by atoms with E-state index in [-0.39, 0.29) is 0 Å². The second kappa shape index (κ2) is 17.5. The van der Waals surface area contributed by atoms with Crippen LogP contribution < -0.4 is 9.80 Å². The van der Waals surface area contributed by atoms with E-state index in [0.29, 0.717) is 0 Å². The second-order valence-corrected chi connectivity index (χ2v) is 19.8. The van der Waals surface area contributed by atoms with Gasteiger partial charge < -0.3 is 18.9 Å². The van der Waals surface area contributed by atoms with Crippen molar-refractivity contribution >= 4 is 132 Å². The number of para-hydroxylation sites is 2. The maximum atomic E-state index is 2.55. The first-order valence-corrected chi connectivity index (χ1v) is 26.2. The van der Waals surface area contributed by atoms with E-state index in [0.717, 1.165) is 74.9 Å². The van der Waals surface area contributed by atoms with E-state index in [1.807, 2.05) is 0 Å². The molecule has 2 aromatic heterocycles. The molecule has 13 aromatic rings. The fourth-order valence-corrected chi connectivity index (χ4v) is 12.4.